The number of aliphatic imine (C=N–C) groups is 1. The van der Waals surface area contributed by atoms with Gasteiger partial charge in [-0.15, -0.1) is 24.0 Å². The largest absolute Gasteiger partial charge is 0.374 e. The van der Waals surface area contributed by atoms with Crippen molar-refractivity contribution in [3.63, 3.8) is 0 Å². The van der Waals surface area contributed by atoms with Crippen LogP contribution in [0.1, 0.15) is 25.3 Å². The summed E-state index contributed by atoms with van der Waals surface area (Å²) in [5, 5.41) is 4.71. The van der Waals surface area contributed by atoms with E-state index in [1.165, 1.54) is 23.8 Å². The summed E-state index contributed by atoms with van der Waals surface area (Å²) < 4.78 is 6.11. The van der Waals surface area contributed by atoms with Gasteiger partial charge >= 0.3 is 0 Å². The third-order valence-corrected chi connectivity index (χ3v) is 6.45. The average molecular weight is 492 g/mol. The van der Waals surface area contributed by atoms with E-state index in [1.807, 2.05) is 12.3 Å². The molecule has 1 aromatic carbocycles. The number of para-hydroxylation sites is 1. The fourth-order valence-corrected chi connectivity index (χ4v) is 5.21. The van der Waals surface area contributed by atoms with E-state index in [9.17, 15) is 0 Å². The molecule has 4 atom stereocenters. The quantitative estimate of drug-likeness (QED) is 0.404. The SMILES string of the molecule is CCNC(=NCCc1cccc2cccnc12)N1CC2C3CCC(O3)C2C1.I. The number of pyridine rings is 1. The van der Waals surface area contributed by atoms with Crippen LogP contribution in [-0.2, 0) is 11.2 Å². The number of fused-ring (bicyclic) bond motifs is 6. The zero-order valence-electron chi connectivity index (χ0n) is 16.4. The summed E-state index contributed by atoms with van der Waals surface area (Å²) in [6, 6.07) is 10.5. The number of likely N-dealkylation sites (tertiary alicyclic amines) is 1. The van der Waals surface area contributed by atoms with Crippen molar-refractivity contribution in [3.8, 4) is 0 Å². The molecule has 3 saturated heterocycles. The molecule has 6 heteroatoms. The maximum atomic E-state index is 6.11. The summed E-state index contributed by atoms with van der Waals surface area (Å²) in [6.07, 6.45) is 6.28. The van der Waals surface area contributed by atoms with Gasteiger partial charge in [0.15, 0.2) is 5.96 Å². The average Bonchev–Trinajstić information content (AvgIpc) is 3.41. The Morgan fingerprint density at radius 3 is 2.68 bits per heavy atom. The minimum absolute atomic E-state index is 0. The maximum absolute atomic E-state index is 6.11. The highest BCUT2D eigenvalue weighted by molar-refractivity contribution is 14.0. The first-order valence-corrected chi connectivity index (χ1v) is 10.3. The summed E-state index contributed by atoms with van der Waals surface area (Å²) in [6.45, 7) is 6.02. The van der Waals surface area contributed by atoms with Crippen LogP contribution >= 0.6 is 24.0 Å². The van der Waals surface area contributed by atoms with Crippen LogP contribution in [0.25, 0.3) is 10.9 Å². The van der Waals surface area contributed by atoms with E-state index in [0.29, 0.717) is 24.0 Å². The van der Waals surface area contributed by atoms with Crippen LogP contribution in [0.2, 0.25) is 0 Å². The lowest BCUT2D eigenvalue weighted by Crippen LogP contribution is -2.41. The number of hydrogen-bond acceptors (Lipinski definition) is 3. The smallest absolute Gasteiger partial charge is 0.193 e. The molecule has 1 aromatic heterocycles. The molecule has 150 valence electrons. The molecule has 4 unspecified atom stereocenters. The highest BCUT2D eigenvalue weighted by Gasteiger charge is 2.53. The molecule has 3 aliphatic heterocycles. The zero-order valence-corrected chi connectivity index (χ0v) is 18.7. The van der Waals surface area contributed by atoms with Crippen molar-refractivity contribution in [2.24, 2.45) is 16.8 Å². The molecule has 4 heterocycles. The zero-order chi connectivity index (χ0) is 18.2. The summed E-state index contributed by atoms with van der Waals surface area (Å²) in [4.78, 5) is 12.0. The van der Waals surface area contributed by atoms with Gasteiger partial charge in [-0.3, -0.25) is 9.98 Å². The number of halogens is 1. The highest BCUT2D eigenvalue weighted by Crippen LogP contribution is 2.47. The second-order valence-electron chi connectivity index (χ2n) is 8.00. The van der Waals surface area contributed by atoms with Crippen molar-refractivity contribution < 1.29 is 4.74 Å². The Hall–Kier alpha value is -1.41. The summed E-state index contributed by atoms with van der Waals surface area (Å²) in [7, 11) is 0. The second kappa shape index (κ2) is 8.53. The molecular formula is C22H29IN4O. The molecule has 0 saturated carbocycles. The molecule has 0 amide bonds. The molecule has 0 aliphatic carbocycles. The van der Waals surface area contributed by atoms with E-state index in [0.717, 1.165) is 44.1 Å². The van der Waals surface area contributed by atoms with Crippen molar-refractivity contribution in [1.82, 2.24) is 15.2 Å². The fraction of sp³-hybridized carbons (Fsp3) is 0.545. The molecule has 2 aromatic rings. The lowest BCUT2D eigenvalue weighted by atomic mass is 9.82. The molecule has 2 bridgehead atoms. The van der Waals surface area contributed by atoms with Gasteiger partial charge in [0.05, 0.1) is 17.7 Å². The van der Waals surface area contributed by atoms with Gasteiger partial charge in [0.25, 0.3) is 0 Å². The van der Waals surface area contributed by atoms with Crippen molar-refractivity contribution in [2.45, 2.75) is 38.4 Å². The normalized spacial score (nSPS) is 28.5. The van der Waals surface area contributed by atoms with Gasteiger partial charge in [-0.1, -0.05) is 24.3 Å². The third kappa shape index (κ3) is 3.61. The monoisotopic (exact) mass is 492 g/mol. The Kier molecular flexibility index (Phi) is 6.06. The number of guanidine groups is 1. The Balaban J connectivity index is 0.00000192. The van der Waals surface area contributed by atoms with Gasteiger partial charge < -0.3 is 15.0 Å². The molecule has 5 rings (SSSR count). The lowest BCUT2D eigenvalue weighted by molar-refractivity contribution is 0.0767. The van der Waals surface area contributed by atoms with Crippen LogP contribution < -0.4 is 5.32 Å². The molecule has 28 heavy (non-hydrogen) atoms. The van der Waals surface area contributed by atoms with Gasteiger partial charge in [0.1, 0.15) is 0 Å². The fourth-order valence-electron chi connectivity index (χ4n) is 5.21. The van der Waals surface area contributed by atoms with Crippen molar-refractivity contribution in [1.29, 1.82) is 0 Å². The number of hydrogen-bond donors (Lipinski definition) is 1. The van der Waals surface area contributed by atoms with Crippen molar-refractivity contribution in [2.75, 3.05) is 26.2 Å². The third-order valence-electron chi connectivity index (χ3n) is 6.45. The van der Waals surface area contributed by atoms with E-state index >= 15 is 0 Å². The second-order valence-corrected chi connectivity index (χ2v) is 8.00. The Morgan fingerprint density at radius 1 is 1.18 bits per heavy atom. The van der Waals surface area contributed by atoms with E-state index in [4.69, 9.17) is 9.73 Å². The molecule has 0 radical (unpaired) electrons. The molecule has 5 nitrogen and oxygen atoms in total. The molecule has 3 fully saturated rings. The molecule has 3 aliphatic rings. The Bertz CT molecular complexity index is 834. The summed E-state index contributed by atoms with van der Waals surface area (Å²) in [5.74, 6) is 2.48. The predicted octanol–water partition coefficient (Wildman–Crippen LogP) is 3.47. The number of nitrogens with one attached hydrogen (secondary N) is 1. The van der Waals surface area contributed by atoms with Crippen LogP contribution in [0.5, 0.6) is 0 Å². The topological polar surface area (TPSA) is 49.8 Å². The van der Waals surface area contributed by atoms with Gasteiger partial charge in [-0.25, -0.2) is 0 Å². The first-order chi connectivity index (χ1) is 13.3. The van der Waals surface area contributed by atoms with Crippen molar-refractivity contribution >= 4 is 40.8 Å². The lowest BCUT2D eigenvalue weighted by Gasteiger charge is -2.23. The van der Waals surface area contributed by atoms with Crippen LogP contribution in [0.4, 0.5) is 0 Å². The van der Waals surface area contributed by atoms with Crippen LogP contribution in [0.3, 0.4) is 0 Å². The summed E-state index contributed by atoms with van der Waals surface area (Å²) >= 11 is 0. The number of ether oxygens (including phenoxy) is 1. The number of rotatable bonds is 4. The number of benzene rings is 1. The van der Waals surface area contributed by atoms with Crippen LogP contribution in [0.15, 0.2) is 41.5 Å². The minimum Gasteiger partial charge on any atom is -0.374 e. The first kappa shape index (κ1) is 19.9. The first-order valence-electron chi connectivity index (χ1n) is 10.3. The number of nitrogens with zero attached hydrogens (tertiary/aromatic N) is 3. The molecule has 1 N–H and O–H groups in total. The number of aromatic nitrogens is 1. The van der Waals surface area contributed by atoms with Gasteiger partial charge in [0.2, 0.25) is 0 Å². The minimum atomic E-state index is 0. The van der Waals surface area contributed by atoms with E-state index in [-0.39, 0.29) is 24.0 Å². The molecular weight excluding hydrogens is 463 g/mol. The Labute approximate surface area is 184 Å². The summed E-state index contributed by atoms with van der Waals surface area (Å²) in [5.41, 5.74) is 2.38. The predicted molar refractivity (Wildman–Crippen MR) is 123 cm³/mol. The van der Waals surface area contributed by atoms with Crippen molar-refractivity contribution in [3.05, 3.63) is 42.1 Å². The van der Waals surface area contributed by atoms with Crippen LogP contribution in [0, 0.1) is 11.8 Å². The van der Waals surface area contributed by atoms with E-state index in [1.54, 1.807) is 0 Å². The van der Waals surface area contributed by atoms with E-state index in [2.05, 4.69) is 46.4 Å². The van der Waals surface area contributed by atoms with Gasteiger partial charge in [-0.05, 0) is 37.8 Å². The Morgan fingerprint density at radius 2 is 1.93 bits per heavy atom. The standard InChI is InChI=1S/C22H28N4O.HI/c1-2-23-22(26-13-17-18(14-26)20-9-8-19(17)27-20)25-12-10-16-6-3-5-15-7-4-11-24-21(15)16;/h3-7,11,17-20H,2,8-10,12-14H2,1H3,(H,23,25);1H. The molecule has 0 spiro atoms. The van der Waals surface area contributed by atoms with E-state index < -0.39 is 0 Å². The highest BCUT2D eigenvalue weighted by atomic mass is 127. The van der Waals surface area contributed by atoms with Crippen LogP contribution in [-0.4, -0.2) is 54.2 Å². The van der Waals surface area contributed by atoms with Gasteiger partial charge in [0, 0.05) is 49.6 Å². The maximum Gasteiger partial charge on any atom is 0.193 e. The van der Waals surface area contributed by atoms with Gasteiger partial charge in [-0.2, -0.15) is 0 Å².